The maximum absolute atomic E-state index is 11.9. The second-order valence-electron chi connectivity index (χ2n) is 6.34. The molecular weight excluding hydrogens is 412 g/mol. The van der Waals surface area contributed by atoms with Crippen molar-refractivity contribution < 1.29 is 4.79 Å². The first-order chi connectivity index (χ1) is 14.5. The van der Waals surface area contributed by atoms with Crippen LogP contribution in [0.2, 0.25) is 0 Å². The van der Waals surface area contributed by atoms with Crippen molar-refractivity contribution in [1.82, 2.24) is 5.32 Å². The van der Waals surface area contributed by atoms with Gasteiger partial charge in [-0.3, -0.25) is 4.79 Å². The number of rotatable bonds is 5. The van der Waals surface area contributed by atoms with Crippen LogP contribution in [-0.4, -0.2) is 16.2 Å². The zero-order valence-corrected chi connectivity index (χ0v) is 18.0. The number of anilines is 1. The maximum Gasteiger partial charge on any atom is 0.247 e. The van der Waals surface area contributed by atoms with Crippen LogP contribution >= 0.6 is 24.4 Å². The zero-order valence-electron chi connectivity index (χ0n) is 16.4. The van der Waals surface area contributed by atoms with Crippen molar-refractivity contribution in [2.24, 2.45) is 10.7 Å². The van der Waals surface area contributed by atoms with Crippen molar-refractivity contribution >= 4 is 52.0 Å². The zero-order chi connectivity index (χ0) is 21.8. The first-order valence-electron chi connectivity index (χ1n) is 9.08. The summed E-state index contributed by atoms with van der Waals surface area (Å²) in [5.74, 6) is -0.495. The second kappa shape index (κ2) is 11.6. The molecule has 0 aliphatic rings. The van der Waals surface area contributed by atoms with E-state index in [2.05, 4.69) is 33.0 Å². The number of primary amides is 1. The number of isothiocyanates is 1. The third-order valence-corrected chi connectivity index (χ3v) is 4.47. The third-order valence-electron chi connectivity index (χ3n) is 4.17. The predicted molar refractivity (Wildman–Crippen MR) is 130 cm³/mol. The van der Waals surface area contributed by atoms with E-state index in [0.717, 1.165) is 16.9 Å². The molecule has 0 saturated heterocycles. The van der Waals surface area contributed by atoms with Crippen LogP contribution in [0.1, 0.15) is 12.5 Å². The van der Waals surface area contributed by atoms with Gasteiger partial charge in [0.2, 0.25) is 5.91 Å². The number of thiocarbonyl (C=S) groups is 2. The predicted octanol–water partition coefficient (Wildman–Crippen LogP) is 4.79. The summed E-state index contributed by atoms with van der Waals surface area (Å²) < 4.78 is 0. The summed E-state index contributed by atoms with van der Waals surface area (Å²) in [5, 5.41) is 8.67. The van der Waals surface area contributed by atoms with E-state index in [0.29, 0.717) is 5.11 Å². The van der Waals surface area contributed by atoms with Crippen molar-refractivity contribution in [3.05, 3.63) is 96.6 Å². The summed E-state index contributed by atoms with van der Waals surface area (Å²) in [6.45, 7) is 1.71. The van der Waals surface area contributed by atoms with Gasteiger partial charge < -0.3 is 16.4 Å². The number of para-hydroxylation sites is 2. The number of carbonyl (C=O) groups is 1. The fourth-order valence-corrected chi connectivity index (χ4v) is 2.94. The van der Waals surface area contributed by atoms with E-state index in [1.807, 2.05) is 91.0 Å². The molecule has 0 saturated carbocycles. The number of amides is 1. The molecule has 5 nitrogen and oxygen atoms in total. The summed E-state index contributed by atoms with van der Waals surface area (Å²) in [6.07, 6.45) is 0. The topological polar surface area (TPSA) is 79.5 Å². The average molecular weight is 435 g/mol. The molecule has 0 radical (unpaired) electrons. The minimum atomic E-state index is -1.07. The highest BCUT2D eigenvalue weighted by molar-refractivity contribution is 7.80. The average Bonchev–Trinajstić information content (AvgIpc) is 2.76. The molecule has 0 bridgehead atoms. The molecular formula is C23H22N4OS2. The monoisotopic (exact) mass is 434 g/mol. The highest BCUT2D eigenvalue weighted by Crippen LogP contribution is 2.20. The normalized spacial score (nSPS) is 11.5. The fraction of sp³-hybridized carbons (Fsp3) is 0.0870. The number of benzene rings is 3. The molecule has 7 heteroatoms. The van der Waals surface area contributed by atoms with Crippen molar-refractivity contribution in [2.45, 2.75) is 12.5 Å². The highest BCUT2D eigenvalue weighted by atomic mass is 32.1. The Labute approximate surface area is 187 Å². The second-order valence-corrected chi connectivity index (χ2v) is 6.93. The lowest BCUT2D eigenvalue weighted by Crippen LogP contribution is -2.53. The molecule has 1 atom stereocenters. The van der Waals surface area contributed by atoms with Crippen molar-refractivity contribution in [2.75, 3.05) is 5.32 Å². The molecule has 1 amide bonds. The SMILES string of the molecule is CC(NC(=S)Nc1ccccc1)(C(N)=O)c1ccccc1.S=C=Nc1ccccc1. The quantitative estimate of drug-likeness (QED) is 0.397. The van der Waals surface area contributed by atoms with Gasteiger partial charge in [-0.05, 0) is 61.2 Å². The number of aliphatic imine (C=N–C) groups is 1. The van der Waals surface area contributed by atoms with Gasteiger partial charge in [-0.2, -0.15) is 4.99 Å². The number of nitrogens with one attached hydrogen (secondary N) is 2. The molecule has 0 heterocycles. The largest absolute Gasteiger partial charge is 0.367 e. The van der Waals surface area contributed by atoms with Crippen molar-refractivity contribution in [3.8, 4) is 0 Å². The van der Waals surface area contributed by atoms with Crippen molar-refractivity contribution in [1.29, 1.82) is 0 Å². The Morgan fingerprint density at radius 2 is 1.43 bits per heavy atom. The van der Waals surface area contributed by atoms with E-state index in [1.54, 1.807) is 6.92 Å². The van der Waals surface area contributed by atoms with Crippen LogP contribution in [-0.2, 0) is 10.3 Å². The Kier molecular flexibility index (Phi) is 8.84. The Morgan fingerprint density at radius 1 is 0.933 bits per heavy atom. The first kappa shape index (κ1) is 22.9. The summed E-state index contributed by atoms with van der Waals surface area (Å²) >= 11 is 9.69. The van der Waals surface area contributed by atoms with Crippen LogP contribution in [0.15, 0.2) is 96.0 Å². The van der Waals surface area contributed by atoms with Gasteiger partial charge in [0.05, 0.1) is 10.8 Å². The van der Waals surface area contributed by atoms with Gasteiger partial charge >= 0.3 is 0 Å². The summed E-state index contributed by atoms with van der Waals surface area (Å²) in [6, 6.07) is 28.2. The molecule has 152 valence electrons. The summed E-state index contributed by atoms with van der Waals surface area (Å²) in [5.41, 5.74) is 6.94. The van der Waals surface area contributed by atoms with Gasteiger partial charge in [-0.25, -0.2) is 0 Å². The molecule has 4 N–H and O–H groups in total. The molecule has 0 spiro atoms. The fourth-order valence-electron chi connectivity index (χ4n) is 2.51. The van der Waals surface area contributed by atoms with E-state index in [-0.39, 0.29) is 0 Å². The highest BCUT2D eigenvalue weighted by Gasteiger charge is 2.33. The van der Waals surface area contributed by atoms with E-state index < -0.39 is 11.4 Å². The molecule has 0 aliphatic carbocycles. The van der Waals surface area contributed by atoms with Gasteiger partial charge in [-0.1, -0.05) is 66.7 Å². The molecule has 0 aromatic heterocycles. The number of hydrogen-bond acceptors (Lipinski definition) is 4. The van der Waals surface area contributed by atoms with Crippen LogP contribution in [0.25, 0.3) is 0 Å². The molecule has 3 aromatic rings. The van der Waals surface area contributed by atoms with Gasteiger partial charge in [0.15, 0.2) is 5.11 Å². The number of hydrogen-bond donors (Lipinski definition) is 3. The minimum absolute atomic E-state index is 0.339. The maximum atomic E-state index is 11.9. The molecule has 0 fully saturated rings. The van der Waals surface area contributed by atoms with Gasteiger partial charge in [-0.15, -0.1) is 0 Å². The van der Waals surface area contributed by atoms with Crippen LogP contribution < -0.4 is 16.4 Å². The number of nitrogens with two attached hydrogens (primary N) is 1. The van der Waals surface area contributed by atoms with Gasteiger partial charge in [0.25, 0.3) is 0 Å². The lowest BCUT2D eigenvalue weighted by atomic mass is 9.91. The minimum Gasteiger partial charge on any atom is -0.367 e. The summed E-state index contributed by atoms with van der Waals surface area (Å²) in [7, 11) is 0. The third kappa shape index (κ3) is 6.90. The lowest BCUT2D eigenvalue weighted by molar-refractivity contribution is -0.123. The Hall–Kier alpha value is -3.38. The Morgan fingerprint density at radius 3 is 1.93 bits per heavy atom. The van der Waals surface area contributed by atoms with Crippen molar-refractivity contribution in [3.63, 3.8) is 0 Å². The molecule has 1 unspecified atom stereocenters. The summed E-state index contributed by atoms with van der Waals surface area (Å²) in [4.78, 5) is 15.7. The Balaban J connectivity index is 0.000000297. The molecule has 3 aromatic carbocycles. The molecule has 0 aliphatic heterocycles. The van der Waals surface area contributed by atoms with E-state index >= 15 is 0 Å². The number of carbonyl (C=O) groups excluding carboxylic acids is 1. The van der Waals surface area contributed by atoms with Crippen LogP contribution in [0, 0.1) is 0 Å². The van der Waals surface area contributed by atoms with Crippen LogP contribution in [0.5, 0.6) is 0 Å². The molecule has 30 heavy (non-hydrogen) atoms. The lowest BCUT2D eigenvalue weighted by Gasteiger charge is -2.29. The van der Waals surface area contributed by atoms with Crippen LogP contribution in [0.4, 0.5) is 11.4 Å². The van der Waals surface area contributed by atoms with Gasteiger partial charge in [0.1, 0.15) is 5.54 Å². The van der Waals surface area contributed by atoms with Gasteiger partial charge in [0, 0.05) is 5.69 Å². The van der Waals surface area contributed by atoms with Crippen LogP contribution in [0.3, 0.4) is 0 Å². The standard InChI is InChI=1S/C16H17N3OS.C7H5NS/c1-16(14(17)20,12-8-4-2-5-9-12)19-15(21)18-13-10-6-3-7-11-13;9-6-8-7-4-2-1-3-5-7/h2-11H,1H3,(H2,17,20)(H2,18,19,21);1-5H. The smallest absolute Gasteiger partial charge is 0.247 e. The van der Waals surface area contributed by atoms with E-state index in [1.165, 1.54) is 0 Å². The van der Waals surface area contributed by atoms with E-state index in [4.69, 9.17) is 18.0 Å². The number of nitrogens with zero attached hydrogens (tertiary/aromatic N) is 1. The Bertz CT molecular complexity index is 1010. The van der Waals surface area contributed by atoms with E-state index in [9.17, 15) is 4.79 Å². The molecule has 3 rings (SSSR count). The first-order valence-corrected chi connectivity index (χ1v) is 9.90.